The van der Waals surface area contributed by atoms with Crippen molar-refractivity contribution in [3.05, 3.63) is 0 Å². The average molecular weight is 222 g/mol. The first-order valence-corrected chi connectivity index (χ1v) is 5.96. The summed E-state index contributed by atoms with van der Waals surface area (Å²) >= 11 is 6.27. The Bertz CT molecular complexity index is 128. The van der Waals surface area contributed by atoms with Crippen molar-refractivity contribution < 1.29 is 4.74 Å². The minimum atomic E-state index is 0.244. The summed E-state index contributed by atoms with van der Waals surface area (Å²) in [5.41, 5.74) is 0. The number of hydrogen-bond acceptors (Lipinski definition) is 2. The molecule has 0 amide bonds. The van der Waals surface area contributed by atoms with Gasteiger partial charge in [0.25, 0.3) is 0 Å². The maximum atomic E-state index is 6.27. The SMILES string of the molecule is CCC(CC)C(Cl)CNCC(C)OC. The van der Waals surface area contributed by atoms with Crippen LogP contribution < -0.4 is 5.32 Å². The van der Waals surface area contributed by atoms with Crippen LogP contribution in [0.3, 0.4) is 0 Å². The van der Waals surface area contributed by atoms with Crippen LogP contribution in [0.5, 0.6) is 0 Å². The van der Waals surface area contributed by atoms with Crippen LogP contribution in [0.15, 0.2) is 0 Å². The van der Waals surface area contributed by atoms with Crippen LogP contribution in [0.4, 0.5) is 0 Å². The fourth-order valence-electron chi connectivity index (χ4n) is 1.47. The van der Waals surface area contributed by atoms with E-state index in [0.717, 1.165) is 25.9 Å². The summed E-state index contributed by atoms with van der Waals surface area (Å²) in [6.07, 6.45) is 2.58. The van der Waals surface area contributed by atoms with Gasteiger partial charge in [-0.05, 0) is 12.8 Å². The molecule has 0 aliphatic heterocycles. The highest BCUT2D eigenvalue weighted by molar-refractivity contribution is 6.21. The van der Waals surface area contributed by atoms with E-state index >= 15 is 0 Å². The summed E-state index contributed by atoms with van der Waals surface area (Å²) < 4.78 is 5.14. The van der Waals surface area contributed by atoms with Gasteiger partial charge in [0.15, 0.2) is 0 Å². The number of nitrogens with one attached hydrogen (secondary N) is 1. The molecule has 0 heterocycles. The maximum Gasteiger partial charge on any atom is 0.0667 e. The molecular weight excluding hydrogens is 198 g/mol. The normalized spacial score (nSPS) is 15.9. The molecule has 0 saturated heterocycles. The van der Waals surface area contributed by atoms with E-state index in [-0.39, 0.29) is 11.5 Å². The van der Waals surface area contributed by atoms with Gasteiger partial charge in [0, 0.05) is 25.6 Å². The van der Waals surface area contributed by atoms with Crippen LogP contribution in [0, 0.1) is 5.92 Å². The van der Waals surface area contributed by atoms with E-state index in [0.29, 0.717) is 5.92 Å². The third-order valence-electron chi connectivity index (χ3n) is 2.73. The number of hydrogen-bond donors (Lipinski definition) is 1. The van der Waals surface area contributed by atoms with Crippen molar-refractivity contribution in [1.29, 1.82) is 0 Å². The predicted molar refractivity (Wildman–Crippen MR) is 63.1 cm³/mol. The van der Waals surface area contributed by atoms with Crippen LogP contribution in [0.1, 0.15) is 33.6 Å². The molecule has 0 radical (unpaired) electrons. The summed E-state index contributed by atoms with van der Waals surface area (Å²) in [7, 11) is 1.73. The topological polar surface area (TPSA) is 21.3 Å². The smallest absolute Gasteiger partial charge is 0.0667 e. The highest BCUT2D eigenvalue weighted by Gasteiger charge is 2.15. The van der Waals surface area contributed by atoms with E-state index in [2.05, 4.69) is 19.2 Å². The van der Waals surface area contributed by atoms with E-state index in [1.54, 1.807) is 7.11 Å². The summed E-state index contributed by atoms with van der Waals surface area (Å²) in [5, 5.41) is 3.57. The standard InChI is InChI=1S/C11H24ClNO/c1-5-10(6-2)11(12)8-13-7-9(3)14-4/h9-11,13H,5-8H2,1-4H3. The molecule has 0 saturated carbocycles. The Morgan fingerprint density at radius 2 is 1.79 bits per heavy atom. The molecule has 0 aliphatic carbocycles. The lowest BCUT2D eigenvalue weighted by Gasteiger charge is -2.20. The molecule has 0 bridgehead atoms. The van der Waals surface area contributed by atoms with Crippen molar-refractivity contribution in [1.82, 2.24) is 5.32 Å². The number of halogens is 1. The minimum Gasteiger partial charge on any atom is -0.380 e. The molecule has 0 aliphatic rings. The van der Waals surface area contributed by atoms with E-state index in [4.69, 9.17) is 16.3 Å². The van der Waals surface area contributed by atoms with Crippen LogP contribution in [-0.2, 0) is 4.74 Å². The number of methoxy groups -OCH3 is 1. The Morgan fingerprint density at radius 3 is 2.21 bits per heavy atom. The van der Waals surface area contributed by atoms with Crippen LogP contribution in [0.2, 0.25) is 0 Å². The van der Waals surface area contributed by atoms with Crippen molar-refractivity contribution in [3.63, 3.8) is 0 Å². The van der Waals surface area contributed by atoms with Crippen molar-refractivity contribution in [2.45, 2.75) is 45.1 Å². The first-order valence-electron chi connectivity index (χ1n) is 5.53. The highest BCUT2D eigenvalue weighted by Crippen LogP contribution is 2.17. The zero-order chi connectivity index (χ0) is 11.0. The number of alkyl halides is 1. The molecule has 2 atom stereocenters. The second kappa shape index (κ2) is 8.51. The van der Waals surface area contributed by atoms with Gasteiger partial charge in [0.1, 0.15) is 0 Å². The minimum absolute atomic E-state index is 0.244. The van der Waals surface area contributed by atoms with Gasteiger partial charge in [0.2, 0.25) is 0 Å². The summed E-state index contributed by atoms with van der Waals surface area (Å²) in [6, 6.07) is 0. The second-order valence-electron chi connectivity index (χ2n) is 3.80. The van der Waals surface area contributed by atoms with Gasteiger partial charge in [-0.2, -0.15) is 0 Å². The van der Waals surface area contributed by atoms with Gasteiger partial charge in [-0.3, -0.25) is 0 Å². The lowest BCUT2D eigenvalue weighted by atomic mass is 9.99. The molecule has 86 valence electrons. The maximum absolute atomic E-state index is 6.27. The molecular formula is C11H24ClNO. The van der Waals surface area contributed by atoms with Crippen molar-refractivity contribution in [3.8, 4) is 0 Å². The number of ether oxygens (including phenoxy) is 1. The van der Waals surface area contributed by atoms with Gasteiger partial charge < -0.3 is 10.1 Å². The fraction of sp³-hybridized carbons (Fsp3) is 1.00. The molecule has 0 rings (SSSR count). The Hall–Kier alpha value is 0.210. The highest BCUT2D eigenvalue weighted by atomic mass is 35.5. The Kier molecular flexibility index (Phi) is 8.64. The largest absolute Gasteiger partial charge is 0.380 e. The monoisotopic (exact) mass is 221 g/mol. The van der Waals surface area contributed by atoms with Gasteiger partial charge in [-0.1, -0.05) is 26.7 Å². The lowest BCUT2D eigenvalue weighted by molar-refractivity contribution is 0.117. The molecule has 0 aromatic heterocycles. The van der Waals surface area contributed by atoms with Crippen LogP contribution in [-0.4, -0.2) is 31.7 Å². The van der Waals surface area contributed by atoms with Gasteiger partial charge in [-0.15, -0.1) is 11.6 Å². The Morgan fingerprint density at radius 1 is 1.21 bits per heavy atom. The molecule has 0 fully saturated rings. The van der Waals surface area contributed by atoms with E-state index < -0.39 is 0 Å². The van der Waals surface area contributed by atoms with Crippen molar-refractivity contribution in [2.24, 2.45) is 5.92 Å². The molecule has 14 heavy (non-hydrogen) atoms. The summed E-state index contributed by atoms with van der Waals surface area (Å²) in [6.45, 7) is 8.19. The molecule has 1 N–H and O–H groups in total. The average Bonchev–Trinajstić information content (AvgIpc) is 2.19. The zero-order valence-electron chi connectivity index (χ0n) is 9.85. The number of rotatable bonds is 8. The Balaban J connectivity index is 3.56. The first kappa shape index (κ1) is 14.2. The molecule has 0 aromatic rings. The molecule has 2 nitrogen and oxygen atoms in total. The summed E-state index contributed by atoms with van der Waals surface area (Å²) in [5.74, 6) is 0.627. The van der Waals surface area contributed by atoms with Crippen LogP contribution in [0.25, 0.3) is 0 Å². The lowest BCUT2D eigenvalue weighted by Crippen LogP contribution is -2.33. The fourth-order valence-corrected chi connectivity index (χ4v) is 1.94. The predicted octanol–water partition coefficient (Wildman–Crippen LogP) is 2.65. The van der Waals surface area contributed by atoms with Crippen LogP contribution >= 0.6 is 11.6 Å². The van der Waals surface area contributed by atoms with E-state index in [9.17, 15) is 0 Å². The van der Waals surface area contributed by atoms with E-state index in [1.165, 1.54) is 0 Å². The molecule has 0 spiro atoms. The van der Waals surface area contributed by atoms with Crippen molar-refractivity contribution >= 4 is 11.6 Å². The summed E-state index contributed by atoms with van der Waals surface area (Å²) in [4.78, 5) is 0. The first-order chi connectivity index (χ1) is 6.65. The third kappa shape index (κ3) is 5.84. The Labute approximate surface area is 93.4 Å². The molecule has 0 aromatic carbocycles. The van der Waals surface area contributed by atoms with Gasteiger partial charge in [0.05, 0.1) is 6.10 Å². The molecule has 3 heteroatoms. The van der Waals surface area contributed by atoms with Gasteiger partial charge >= 0.3 is 0 Å². The zero-order valence-corrected chi connectivity index (χ0v) is 10.6. The van der Waals surface area contributed by atoms with Crippen molar-refractivity contribution in [2.75, 3.05) is 20.2 Å². The van der Waals surface area contributed by atoms with Gasteiger partial charge in [-0.25, -0.2) is 0 Å². The third-order valence-corrected chi connectivity index (χ3v) is 3.24. The second-order valence-corrected chi connectivity index (χ2v) is 4.36. The molecule has 2 unspecified atom stereocenters. The quantitative estimate of drug-likeness (QED) is 0.637. The van der Waals surface area contributed by atoms with E-state index in [1.807, 2.05) is 6.92 Å².